The Labute approximate surface area is 117 Å². The van der Waals surface area contributed by atoms with Crippen molar-refractivity contribution in [3.63, 3.8) is 0 Å². The summed E-state index contributed by atoms with van der Waals surface area (Å²) in [6, 6.07) is 5.93. The molecule has 1 aromatic carbocycles. The molecule has 0 spiro atoms. The second-order valence-corrected chi connectivity index (χ2v) is 4.70. The van der Waals surface area contributed by atoms with Gasteiger partial charge in [0.1, 0.15) is 10.8 Å². The summed E-state index contributed by atoms with van der Waals surface area (Å²) < 4.78 is 13.5. The van der Waals surface area contributed by atoms with E-state index in [4.69, 9.17) is 18.0 Å². The molecule has 0 saturated carbocycles. The Morgan fingerprint density at radius 3 is 2.83 bits per heavy atom. The van der Waals surface area contributed by atoms with E-state index in [1.165, 1.54) is 18.3 Å². The Morgan fingerprint density at radius 1 is 1.39 bits per heavy atom. The molecule has 0 atom stereocenters. The summed E-state index contributed by atoms with van der Waals surface area (Å²) >= 11 is 8.17. The molecule has 0 bridgehead atoms. The summed E-state index contributed by atoms with van der Waals surface area (Å²) in [6.07, 6.45) is 1.50. The van der Waals surface area contributed by atoms with E-state index in [2.05, 4.69) is 31.4 Å². The minimum Gasteiger partial charge on any atom is -0.389 e. The van der Waals surface area contributed by atoms with Crippen molar-refractivity contribution in [1.29, 1.82) is 0 Å². The minimum atomic E-state index is -0.332. The van der Waals surface area contributed by atoms with E-state index in [1.54, 1.807) is 12.1 Å². The fourth-order valence-corrected chi connectivity index (χ4v) is 1.96. The van der Waals surface area contributed by atoms with Gasteiger partial charge in [-0.05, 0) is 40.2 Å². The number of nitrogens with one attached hydrogen (secondary N) is 1. The number of nitrogens with two attached hydrogens (primary N) is 1. The predicted molar refractivity (Wildman–Crippen MR) is 75.3 cm³/mol. The largest absolute Gasteiger partial charge is 0.389 e. The van der Waals surface area contributed by atoms with Gasteiger partial charge in [-0.3, -0.25) is 0 Å². The highest BCUT2D eigenvalue weighted by atomic mass is 79.9. The van der Waals surface area contributed by atoms with Crippen LogP contribution in [0, 0.1) is 5.82 Å². The maximum atomic E-state index is 13.0. The molecule has 0 aliphatic heterocycles. The van der Waals surface area contributed by atoms with Gasteiger partial charge < -0.3 is 11.1 Å². The molecular weight excluding hydrogens is 319 g/mol. The summed E-state index contributed by atoms with van der Waals surface area (Å²) in [5.74, 6) is 0.0958. The third-order valence-corrected chi connectivity index (χ3v) is 3.05. The third-order valence-electron chi connectivity index (χ3n) is 2.17. The number of anilines is 2. The van der Waals surface area contributed by atoms with Crippen molar-refractivity contribution < 1.29 is 4.39 Å². The van der Waals surface area contributed by atoms with Crippen LogP contribution in [0.3, 0.4) is 0 Å². The van der Waals surface area contributed by atoms with Crippen LogP contribution in [0.15, 0.2) is 34.9 Å². The third kappa shape index (κ3) is 2.80. The number of rotatable bonds is 3. The van der Waals surface area contributed by atoms with Gasteiger partial charge in [0.25, 0.3) is 0 Å². The Hall–Kier alpha value is -1.60. The first-order valence-electron chi connectivity index (χ1n) is 4.91. The van der Waals surface area contributed by atoms with Crippen LogP contribution in [0.4, 0.5) is 15.9 Å². The van der Waals surface area contributed by atoms with Gasteiger partial charge in [0, 0.05) is 4.47 Å². The first-order chi connectivity index (χ1) is 8.58. The molecule has 18 heavy (non-hydrogen) atoms. The maximum absolute atomic E-state index is 13.0. The smallest absolute Gasteiger partial charge is 0.163 e. The molecule has 0 saturated heterocycles. The zero-order valence-corrected chi connectivity index (χ0v) is 11.4. The van der Waals surface area contributed by atoms with Gasteiger partial charge in [-0.2, -0.15) is 5.10 Å². The van der Waals surface area contributed by atoms with E-state index in [-0.39, 0.29) is 10.8 Å². The molecule has 3 N–H and O–H groups in total. The van der Waals surface area contributed by atoms with Crippen molar-refractivity contribution in [2.24, 2.45) is 5.73 Å². The van der Waals surface area contributed by atoms with E-state index in [1.807, 2.05) is 0 Å². The summed E-state index contributed by atoms with van der Waals surface area (Å²) in [4.78, 5) is 0.214. The Kier molecular flexibility index (Phi) is 3.83. The molecule has 92 valence electrons. The lowest BCUT2D eigenvalue weighted by Gasteiger charge is -2.10. The molecule has 0 aliphatic rings. The standard InChI is InChI=1S/C11H8BrFN4S/c12-8-5-6(13)1-2-9(8)16-11-7(10(14)18)3-4-15-17-11/h1-5H,(H2,14,18)(H,16,17). The lowest BCUT2D eigenvalue weighted by molar-refractivity contribution is 0.627. The van der Waals surface area contributed by atoms with Crippen LogP contribution in [-0.2, 0) is 0 Å². The second kappa shape index (κ2) is 5.36. The first-order valence-corrected chi connectivity index (χ1v) is 6.11. The van der Waals surface area contributed by atoms with Crippen LogP contribution in [-0.4, -0.2) is 15.2 Å². The summed E-state index contributed by atoms with van der Waals surface area (Å²) in [5, 5.41) is 10.7. The van der Waals surface area contributed by atoms with Gasteiger partial charge in [-0.1, -0.05) is 12.2 Å². The summed E-state index contributed by atoms with van der Waals surface area (Å²) in [7, 11) is 0. The van der Waals surface area contributed by atoms with Crippen molar-refractivity contribution >= 4 is 44.6 Å². The minimum absolute atomic E-state index is 0.214. The number of hydrogen-bond acceptors (Lipinski definition) is 4. The first kappa shape index (κ1) is 12.8. The van der Waals surface area contributed by atoms with E-state index in [9.17, 15) is 4.39 Å². The average Bonchev–Trinajstić information content (AvgIpc) is 2.33. The topological polar surface area (TPSA) is 63.8 Å². The zero-order chi connectivity index (χ0) is 13.1. The molecule has 1 heterocycles. The quantitative estimate of drug-likeness (QED) is 0.849. The van der Waals surface area contributed by atoms with Crippen molar-refractivity contribution in [2.45, 2.75) is 0 Å². The van der Waals surface area contributed by atoms with Gasteiger partial charge in [0.05, 0.1) is 17.4 Å². The van der Waals surface area contributed by atoms with E-state index >= 15 is 0 Å². The molecule has 0 amide bonds. The number of halogens is 2. The molecular formula is C11H8BrFN4S. The zero-order valence-electron chi connectivity index (χ0n) is 9.02. The van der Waals surface area contributed by atoms with Crippen molar-refractivity contribution in [3.05, 3.63) is 46.3 Å². The second-order valence-electron chi connectivity index (χ2n) is 3.41. The van der Waals surface area contributed by atoms with Gasteiger partial charge in [0.2, 0.25) is 0 Å². The lowest BCUT2D eigenvalue weighted by Crippen LogP contribution is -2.13. The van der Waals surface area contributed by atoms with Crippen molar-refractivity contribution in [1.82, 2.24) is 10.2 Å². The Balaban J connectivity index is 2.37. The number of aromatic nitrogens is 2. The molecule has 2 rings (SSSR count). The van der Waals surface area contributed by atoms with Gasteiger partial charge in [-0.25, -0.2) is 4.39 Å². The van der Waals surface area contributed by atoms with Crippen LogP contribution in [0.1, 0.15) is 5.56 Å². The molecule has 7 heteroatoms. The van der Waals surface area contributed by atoms with Crippen molar-refractivity contribution in [2.75, 3.05) is 5.32 Å². The number of thiocarbonyl (C=S) groups is 1. The van der Waals surface area contributed by atoms with E-state index in [0.717, 1.165) is 0 Å². The SMILES string of the molecule is NC(=S)c1ccnnc1Nc1ccc(F)cc1Br. The van der Waals surface area contributed by atoms with Crippen LogP contribution in [0.5, 0.6) is 0 Å². The highest BCUT2D eigenvalue weighted by Gasteiger charge is 2.09. The normalized spacial score (nSPS) is 10.1. The Morgan fingerprint density at radius 2 is 2.17 bits per heavy atom. The fourth-order valence-electron chi connectivity index (χ4n) is 1.34. The Bertz CT molecular complexity index is 605. The summed E-state index contributed by atoms with van der Waals surface area (Å²) in [6.45, 7) is 0. The molecule has 0 aliphatic carbocycles. The highest BCUT2D eigenvalue weighted by molar-refractivity contribution is 9.10. The molecule has 0 fully saturated rings. The van der Waals surface area contributed by atoms with Crippen molar-refractivity contribution in [3.8, 4) is 0 Å². The van der Waals surface area contributed by atoms with E-state index in [0.29, 0.717) is 21.5 Å². The predicted octanol–water partition coefficient (Wildman–Crippen LogP) is 2.76. The molecule has 1 aromatic heterocycles. The molecule has 0 radical (unpaired) electrons. The van der Waals surface area contributed by atoms with Crippen LogP contribution in [0.2, 0.25) is 0 Å². The van der Waals surface area contributed by atoms with Gasteiger partial charge in [0.15, 0.2) is 5.82 Å². The van der Waals surface area contributed by atoms with Gasteiger partial charge in [-0.15, -0.1) is 5.10 Å². The maximum Gasteiger partial charge on any atom is 0.163 e. The van der Waals surface area contributed by atoms with Gasteiger partial charge >= 0.3 is 0 Å². The number of nitrogens with zero attached hydrogens (tertiary/aromatic N) is 2. The average molecular weight is 327 g/mol. The lowest BCUT2D eigenvalue weighted by atomic mass is 10.2. The fraction of sp³-hybridized carbons (Fsp3) is 0. The molecule has 2 aromatic rings. The van der Waals surface area contributed by atoms with Crippen LogP contribution in [0.25, 0.3) is 0 Å². The monoisotopic (exact) mass is 326 g/mol. The van der Waals surface area contributed by atoms with Crippen LogP contribution < -0.4 is 11.1 Å². The van der Waals surface area contributed by atoms with Crippen LogP contribution >= 0.6 is 28.1 Å². The highest BCUT2D eigenvalue weighted by Crippen LogP contribution is 2.26. The molecule has 4 nitrogen and oxygen atoms in total. The van der Waals surface area contributed by atoms with E-state index < -0.39 is 0 Å². The number of benzene rings is 1. The summed E-state index contributed by atoms with van der Waals surface area (Å²) in [5.41, 5.74) is 6.81. The molecule has 0 unspecified atom stereocenters. The number of hydrogen-bond donors (Lipinski definition) is 2.